The van der Waals surface area contributed by atoms with Crippen LogP contribution in [0.25, 0.3) is 10.9 Å². The number of nitro groups is 1. The Labute approximate surface area is 142 Å². The summed E-state index contributed by atoms with van der Waals surface area (Å²) in [6.45, 7) is 0.0789. The molecule has 0 aliphatic heterocycles. The molecule has 0 atom stereocenters. The topological polar surface area (TPSA) is 94.2 Å². The zero-order valence-corrected chi connectivity index (χ0v) is 13.2. The van der Waals surface area contributed by atoms with Gasteiger partial charge in [0, 0.05) is 35.8 Å². The Morgan fingerprint density at radius 1 is 1.08 bits per heavy atom. The molecule has 1 N–H and O–H groups in total. The fourth-order valence-corrected chi connectivity index (χ4v) is 2.64. The number of nitrogens with zero attached hydrogens (tertiary/aromatic N) is 2. The molecule has 126 valence electrons. The minimum absolute atomic E-state index is 0.0153. The number of carbonyl (C=O) groups excluding carboxylic acids is 1. The smallest absolute Gasteiger partial charge is 0.274 e. The monoisotopic (exact) mass is 337 g/mol. The Bertz CT molecular complexity index is 1010. The Hall–Kier alpha value is -3.48. The van der Waals surface area contributed by atoms with Gasteiger partial charge < -0.3 is 9.88 Å². The molecule has 1 heterocycles. The van der Waals surface area contributed by atoms with Gasteiger partial charge in [-0.2, -0.15) is 0 Å². The molecule has 7 nitrogen and oxygen atoms in total. The van der Waals surface area contributed by atoms with E-state index in [0.717, 1.165) is 0 Å². The van der Waals surface area contributed by atoms with Crippen molar-refractivity contribution in [1.82, 2.24) is 9.88 Å². The van der Waals surface area contributed by atoms with Crippen molar-refractivity contribution in [3.05, 3.63) is 86.7 Å². The van der Waals surface area contributed by atoms with Crippen LogP contribution in [-0.4, -0.2) is 15.4 Å². The largest absolute Gasteiger partial charge is 0.350 e. The lowest BCUT2D eigenvalue weighted by Crippen LogP contribution is -2.28. The van der Waals surface area contributed by atoms with Gasteiger partial charge in [0.1, 0.15) is 6.54 Å². The lowest BCUT2D eigenvalue weighted by atomic mass is 10.2. The van der Waals surface area contributed by atoms with Crippen molar-refractivity contribution in [2.24, 2.45) is 0 Å². The van der Waals surface area contributed by atoms with E-state index in [0.29, 0.717) is 16.5 Å². The molecule has 0 unspecified atom stereocenters. The first kappa shape index (κ1) is 16.4. The molecule has 0 fully saturated rings. The van der Waals surface area contributed by atoms with Crippen molar-refractivity contribution in [1.29, 1.82) is 0 Å². The average Bonchev–Trinajstić information content (AvgIpc) is 2.63. The summed E-state index contributed by atoms with van der Waals surface area (Å²) < 4.78 is 1.67. The standard InChI is InChI=1S/C18H15N3O4/c22-17-9-10-20(16-8-4-2-6-14(16)17)12-18(23)19-11-13-5-1-3-7-15(13)21(24)25/h1-10H,11-12H2,(H,19,23). The molecule has 0 aliphatic rings. The third-order valence-corrected chi connectivity index (χ3v) is 3.86. The zero-order valence-electron chi connectivity index (χ0n) is 13.2. The minimum Gasteiger partial charge on any atom is -0.350 e. The van der Waals surface area contributed by atoms with Crippen LogP contribution in [0, 0.1) is 10.1 Å². The van der Waals surface area contributed by atoms with Crippen molar-refractivity contribution < 1.29 is 9.72 Å². The van der Waals surface area contributed by atoms with E-state index in [1.165, 1.54) is 12.1 Å². The molecule has 2 aromatic carbocycles. The summed E-state index contributed by atoms with van der Waals surface area (Å²) >= 11 is 0. The Kier molecular flexibility index (Phi) is 4.56. The molecule has 3 rings (SSSR count). The maximum atomic E-state index is 12.2. The molecule has 0 aliphatic carbocycles. The van der Waals surface area contributed by atoms with Crippen molar-refractivity contribution in [2.75, 3.05) is 0 Å². The zero-order chi connectivity index (χ0) is 17.8. The van der Waals surface area contributed by atoms with Crippen LogP contribution in [0.5, 0.6) is 0 Å². The predicted molar refractivity (Wildman–Crippen MR) is 93.2 cm³/mol. The fraction of sp³-hybridized carbons (Fsp3) is 0.111. The van der Waals surface area contributed by atoms with E-state index >= 15 is 0 Å². The lowest BCUT2D eigenvalue weighted by molar-refractivity contribution is -0.385. The Balaban J connectivity index is 1.75. The first-order valence-corrected chi connectivity index (χ1v) is 7.63. The third kappa shape index (κ3) is 3.55. The van der Waals surface area contributed by atoms with E-state index in [1.54, 1.807) is 53.2 Å². The van der Waals surface area contributed by atoms with E-state index in [1.807, 2.05) is 0 Å². The highest BCUT2D eigenvalue weighted by molar-refractivity contribution is 5.82. The van der Waals surface area contributed by atoms with Crippen LogP contribution in [0.3, 0.4) is 0 Å². The highest BCUT2D eigenvalue weighted by Crippen LogP contribution is 2.17. The SMILES string of the molecule is O=C(Cn1ccc(=O)c2ccccc21)NCc1ccccc1[N+](=O)[O-]. The van der Waals surface area contributed by atoms with Gasteiger partial charge in [-0.15, -0.1) is 0 Å². The molecule has 0 radical (unpaired) electrons. The number of rotatable bonds is 5. The van der Waals surface area contributed by atoms with Gasteiger partial charge in [0.2, 0.25) is 5.91 Å². The van der Waals surface area contributed by atoms with Gasteiger partial charge >= 0.3 is 0 Å². The van der Waals surface area contributed by atoms with Gasteiger partial charge in [0.15, 0.2) is 5.43 Å². The first-order valence-electron chi connectivity index (χ1n) is 7.63. The average molecular weight is 337 g/mol. The highest BCUT2D eigenvalue weighted by Gasteiger charge is 2.13. The summed E-state index contributed by atoms with van der Waals surface area (Å²) in [5, 5.41) is 14.2. The van der Waals surface area contributed by atoms with Gasteiger partial charge in [-0.05, 0) is 12.1 Å². The number of nitrogens with one attached hydrogen (secondary N) is 1. The molecule has 1 aromatic heterocycles. The molecule has 7 heteroatoms. The van der Waals surface area contributed by atoms with Crippen molar-refractivity contribution >= 4 is 22.5 Å². The summed E-state index contributed by atoms with van der Waals surface area (Å²) in [7, 11) is 0. The molecule has 3 aromatic rings. The lowest BCUT2D eigenvalue weighted by Gasteiger charge is -2.11. The molecule has 0 spiro atoms. The molecule has 1 amide bonds. The summed E-state index contributed by atoms with van der Waals surface area (Å²) in [5.41, 5.74) is 0.963. The minimum atomic E-state index is -0.475. The Morgan fingerprint density at radius 2 is 1.80 bits per heavy atom. The van der Waals surface area contributed by atoms with E-state index in [-0.39, 0.29) is 30.1 Å². The Morgan fingerprint density at radius 3 is 2.60 bits per heavy atom. The molecule has 0 saturated carbocycles. The molecule has 0 bridgehead atoms. The maximum absolute atomic E-state index is 12.2. The number of nitro benzene ring substituents is 1. The first-order chi connectivity index (χ1) is 12.1. The van der Waals surface area contributed by atoms with Crippen molar-refractivity contribution in [2.45, 2.75) is 13.1 Å². The van der Waals surface area contributed by atoms with Crippen LogP contribution in [0.2, 0.25) is 0 Å². The normalized spacial score (nSPS) is 10.6. The summed E-state index contributed by atoms with van der Waals surface area (Å²) in [4.78, 5) is 34.6. The predicted octanol–water partition coefficient (Wildman–Crippen LogP) is 2.23. The second-order valence-corrected chi connectivity index (χ2v) is 5.49. The van der Waals surface area contributed by atoms with Gasteiger partial charge in [-0.25, -0.2) is 0 Å². The summed E-state index contributed by atoms with van der Waals surface area (Å²) in [6.07, 6.45) is 1.56. The number of benzene rings is 2. The van der Waals surface area contributed by atoms with Gasteiger partial charge in [-0.3, -0.25) is 19.7 Å². The van der Waals surface area contributed by atoms with E-state index in [2.05, 4.69) is 5.32 Å². The van der Waals surface area contributed by atoms with Crippen LogP contribution >= 0.6 is 0 Å². The number of hydrogen-bond donors (Lipinski definition) is 1. The molecular formula is C18H15N3O4. The van der Waals surface area contributed by atoms with Crippen molar-refractivity contribution in [3.8, 4) is 0 Å². The number of fused-ring (bicyclic) bond motifs is 1. The van der Waals surface area contributed by atoms with Crippen LogP contribution in [0.15, 0.2) is 65.6 Å². The van der Waals surface area contributed by atoms with E-state index in [4.69, 9.17) is 0 Å². The van der Waals surface area contributed by atoms with Gasteiger partial charge in [0.25, 0.3) is 5.69 Å². The maximum Gasteiger partial charge on any atom is 0.274 e. The number of para-hydroxylation sites is 2. The number of hydrogen-bond acceptors (Lipinski definition) is 4. The second-order valence-electron chi connectivity index (χ2n) is 5.49. The number of carbonyl (C=O) groups is 1. The van der Waals surface area contributed by atoms with Crippen LogP contribution in [0.1, 0.15) is 5.56 Å². The van der Waals surface area contributed by atoms with Crippen LogP contribution in [-0.2, 0) is 17.9 Å². The summed E-state index contributed by atoms with van der Waals surface area (Å²) in [6, 6.07) is 14.7. The van der Waals surface area contributed by atoms with Crippen LogP contribution < -0.4 is 10.7 Å². The van der Waals surface area contributed by atoms with E-state index < -0.39 is 4.92 Å². The number of pyridine rings is 1. The molecular weight excluding hydrogens is 322 g/mol. The third-order valence-electron chi connectivity index (χ3n) is 3.86. The molecule has 0 saturated heterocycles. The molecule has 25 heavy (non-hydrogen) atoms. The summed E-state index contributed by atoms with van der Waals surface area (Å²) in [5.74, 6) is -0.299. The van der Waals surface area contributed by atoms with Gasteiger partial charge in [0.05, 0.1) is 10.4 Å². The van der Waals surface area contributed by atoms with E-state index in [9.17, 15) is 19.7 Å². The quantitative estimate of drug-likeness (QED) is 0.570. The fourth-order valence-electron chi connectivity index (χ4n) is 2.64. The number of aromatic nitrogens is 1. The van der Waals surface area contributed by atoms with Crippen LogP contribution in [0.4, 0.5) is 5.69 Å². The van der Waals surface area contributed by atoms with Crippen molar-refractivity contribution in [3.63, 3.8) is 0 Å². The van der Waals surface area contributed by atoms with Gasteiger partial charge in [-0.1, -0.05) is 30.3 Å². The highest BCUT2D eigenvalue weighted by atomic mass is 16.6. The number of amides is 1. The second kappa shape index (κ2) is 6.96.